The lowest BCUT2D eigenvalue weighted by Gasteiger charge is -2.25. The van der Waals surface area contributed by atoms with E-state index in [-0.39, 0.29) is 24.1 Å². The van der Waals surface area contributed by atoms with Gasteiger partial charge < -0.3 is 34.4 Å². The van der Waals surface area contributed by atoms with Gasteiger partial charge in [-0.2, -0.15) is 0 Å². The quantitative estimate of drug-likeness (QED) is 0.115. The number of benzene rings is 2. The smallest absolute Gasteiger partial charge is 0.342 e. The fraction of sp³-hybridized carbons (Fsp3) is 0.375. The van der Waals surface area contributed by atoms with Crippen LogP contribution in [0.3, 0.4) is 0 Å². The van der Waals surface area contributed by atoms with Gasteiger partial charge >= 0.3 is 19.5 Å². The van der Waals surface area contributed by atoms with Crippen molar-refractivity contribution in [2.45, 2.75) is 65.0 Å². The fourth-order valence-electron chi connectivity index (χ4n) is 4.62. The van der Waals surface area contributed by atoms with Gasteiger partial charge in [0.2, 0.25) is 0 Å². The average Bonchev–Trinajstić information content (AvgIpc) is 3.47. The van der Waals surface area contributed by atoms with Gasteiger partial charge in [0.25, 0.3) is 5.91 Å². The van der Waals surface area contributed by atoms with Crippen LogP contribution >= 0.6 is 7.52 Å². The monoisotopic (exact) mass is 681 g/mol. The van der Waals surface area contributed by atoms with Gasteiger partial charge in [0.1, 0.15) is 36.0 Å². The van der Waals surface area contributed by atoms with Crippen LogP contribution in [0.1, 0.15) is 43.6 Å². The SMILES string of the molecule is COC(=O)[C@H](Cc1ccc(O[P@](=O)(CO[C@H](C)Cn2cnc3c(N)ncnc32)N[C@@H](C)C(=O)OC(C)C)cc1)NC(=O)c1ccccc1. The van der Waals surface area contributed by atoms with E-state index < -0.39 is 49.9 Å². The number of nitrogens with zero attached hydrogens (tertiary/aromatic N) is 4. The van der Waals surface area contributed by atoms with Gasteiger partial charge in [0.15, 0.2) is 11.5 Å². The molecule has 4 N–H and O–H groups in total. The van der Waals surface area contributed by atoms with Crippen LogP contribution in [0.4, 0.5) is 5.82 Å². The topological polar surface area (TPSA) is 199 Å². The molecule has 0 bridgehead atoms. The van der Waals surface area contributed by atoms with Crippen LogP contribution in [-0.4, -0.2) is 75.1 Å². The van der Waals surface area contributed by atoms with Gasteiger partial charge in [-0.25, -0.2) is 24.8 Å². The Hall–Kier alpha value is -4.85. The van der Waals surface area contributed by atoms with E-state index in [2.05, 4.69) is 25.4 Å². The lowest BCUT2D eigenvalue weighted by Crippen LogP contribution is -2.43. The summed E-state index contributed by atoms with van der Waals surface area (Å²) >= 11 is 0. The van der Waals surface area contributed by atoms with Crippen LogP contribution in [0.2, 0.25) is 0 Å². The number of hydrogen-bond acceptors (Lipinski definition) is 12. The van der Waals surface area contributed by atoms with E-state index in [1.807, 2.05) is 0 Å². The average molecular weight is 682 g/mol. The molecule has 2 heterocycles. The molecular formula is C32H40N7O8P. The first kappa shape index (κ1) is 36.0. The highest BCUT2D eigenvalue weighted by molar-refractivity contribution is 7.57. The van der Waals surface area contributed by atoms with Crippen molar-refractivity contribution in [2.75, 3.05) is 19.2 Å². The molecule has 0 spiro atoms. The van der Waals surface area contributed by atoms with Gasteiger partial charge in [-0.3, -0.25) is 14.2 Å². The van der Waals surface area contributed by atoms with Crippen LogP contribution in [0.25, 0.3) is 11.2 Å². The Morgan fingerprint density at radius 3 is 2.33 bits per heavy atom. The van der Waals surface area contributed by atoms with Crippen molar-refractivity contribution in [3.05, 3.63) is 78.4 Å². The molecule has 4 rings (SSSR count). The highest BCUT2D eigenvalue weighted by atomic mass is 31.2. The Labute approximate surface area is 278 Å². The Morgan fingerprint density at radius 2 is 1.67 bits per heavy atom. The summed E-state index contributed by atoms with van der Waals surface area (Å²) in [5, 5.41) is 5.48. The standard InChI is InChI=1S/C32H40N7O8P/c1-20(2)46-31(41)22(4)38-48(43,19-45-21(3)16-39-18-36-27-28(33)34-17-35-29(27)39)47-25-13-11-23(12-14-25)15-26(32(42)44-5)37-30(40)24-9-7-6-8-10-24/h6-14,17-18,20-22,26H,15-16,19H2,1-5H3,(H,37,40)(H,38,43)(H2,33,34,35)/t21-,22+,26+,48-/m1/s1. The number of hydrogen-bond donors (Lipinski definition) is 3. The summed E-state index contributed by atoms with van der Waals surface area (Å²) in [4.78, 5) is 50.2. The second-order valence-corrected chi connectivity index (χ2v) is 13.3. The van der Waals surface area contributed by atoms with Crippen LogP contribution < -0.4 is 20.7 Å². The molecule has 0 radical (unpaired) electrons. The van der Waals surface area contributed by atoms with Gasteiger partial charge in [0, 0.05) is 12.0 Å². The molecule has 256 valence electrons. The van der Waals surface area contributed by atoms with Crippen LogP contribution in [-0.2, 0) is 41.3 Å². The molecule has 0 saturated heterocycles. The lowest BCUT2D eigenvalue weighted by atomic mass is 10.1. The van der Waals surface area contributed by atoms with E-state index in [1.54, 1.807) is 86.3 Å². The van der Waals surface area contributed by atoms with E-state index in [1.165, 1.54) is 20.4 Å². The van der Waals surface area contributed by atoms with E-state index in [4.69, 9.17) is 24.5 Å². The number of methoxy groups -OCH3 is 1. The summed E-state index contributed by atoms with van der Waals surface area (Å²) in [6.07, 6.45) is 1.77. The van der Waals surface area contributed by atoms with Crippen molar-refractivity contribution in [3.8, 4) is 5.75 Å². The zero-order valence-electron chi connectivity index (χ0n) is 27.4. The maximum Gasteiger partial charge on any atom is 0.342 e. The number of rotatable bonds is 16. The van der Waals surface area contributed by atoms with Crippen LogP contribution in [0.15, 0.2) is 67.3 Å². The van der Waals surface area contributed by atoms with Crippen LogP contribution in [0.5, 0.6) is 5.75 Å². The first-order valence-corrected chi connectivity index (χ1v) is 17.0. The number of nitrogens with two attached hydrogens (primary N) is 1. The highest BCUT2D eigenvalue weighted by Gasteiger charge is 2.32. The van der Waals surface area contributed by atoms with E-state index in [0.717, 1.165) is 0 Å². The predicted octanol–water partition coefficient (Wildman–Crippen LogP) is 3.49. The third kappa shape index (κ3) is 9.83. The summed E-state index contributed by atoms with van der Waals surface area (Å²) < 4.78 is 38.0. The summed E-state index contributed by atoms with van der Waals surface area (Å²) in [7, 11) is -2.64. The van der Waals surface area contributed by atoms with Crippen molar-refractivity contribution < 1.29 is 37.7 Å². The molecule has 15 nitrogen and oxygen atoms in total. The zero-order chi connectivity index (χ0) is 34.8. The molecule has 0 unspecified atom stereocenters. The molecule has 2 aromatic carbocycles. The largest absolute Gasteiger partial charge is 0.467 e. The molecule has 2 aromatic heterocycles. The van der Waals surface area contributed by atoms with Crippen molar-refractivity contribution >= 4 is 42.3 Å². The third-order valence-electron chi connectivity index (χ3n) is 6.95. The number of ether oxygens (including phenoxy) is 3. The number of carbonyl (C=O) groups excluding carboxylic acids is 3. The Balaban J connectivity index is 1.46. The summed E-state index contributed by atoms with van der Waals surface area (Å²) in [6, 6.07) is 13.0. The molecule has 0 aliphatic heterocycles. The number of esters is 2. The molecular weight excluding hydrogens is 641 g/mol. The van der Waals surface area contributed by atoms with E-state index in [9.17, 15) is 18.9 Å². The van der Waals surface area contributed by atoms with Crippen molar-refractivity contribution in [1.82, 2.24) is 29.9 Å². The minimum atomic E-state index is -3.89. The summed E-state index contributed by atoms with van der Waals surface area (Å²) in [5.74, 6) is -1.17. The predicted molar refractivity (Wildman–Crippen MR) is 177 cm³/mol. The first-order valence-electron chi connectivity index (χ1n) is 15.2. The highest BCUT2D eigenvalue weighted by Crippen LogP contribution is 2.44. The van der Waals surface area contributed by atoms with Crippen LogP contribution in [0, 0.1) is 0 Å². The zero-order valence-corrected chi connectivity index (χ0v) is 28.3. The molecule has 4 atom stereocenters. The molecule has 48 heavy (non-hydrogen) atoms. The number of aromatic nitrogens is 4. The molecule has 0 fully saturated rings. The minimum absolute atomic E-state index is 0.125. The maximum atomic E-state index is 14.2. The number of carbonyl (C=O) groups is 3. The number of imidazole rings is 1. The van der Waals surface area contributed by atoms with Gasteiger partial charge in [-0.05, 0) is 57.5 Å². The normalized spacial score (nSPS) is 14.5. The Morgan fingerprint density at radius 1 is 0.958 bits per heavy atom. The number of fused-ring (bicyclic) bond motifs is 1. The third-order valence-corrected chi connectivity index (χ3v) is 8.73. The molecule has 0 aliphatic rings. The van der Waals surface area contributed by atoms with Crippen molar-refractivity contribution in [1.29, 1.82) is 0 Å². The second-order valence-electron chi connectivity index (χ2n) is 11.3. The molecule has 16 heteroatoms. The molecule has 0 saturated carbocycles. The van der Waals surface area contributed by atoms with Gasteiger partial charge in [-0.1, -0.05) is 30.3 Å². The number of nitrogens with one attached hydrogen (secondary N) is 2. The molecule has 1 amide bonds. The number of nitrogen functional groups attached to an aromatic ring is 1. The molecule has 4 aromatic rings. The van der Waals surface area contributed by atoms with Crippen molar-refractivity contribution in [3.63, 3.8) is 0 Å². The Bertz CT molecular complexity index is 1750. The van der Waals surface area contributed by atoms with Crippen molar-refractivity contribution in [2.24, 2.45) is 0 Å². The fourth-order valence-corrected chi connectivity index (χ4v) is 6.41. The lowest BCUT2D eigenvalue weighted by molar-refractivity contribution is -0.149. The maximum absolute atomic E-state index is 14.2. The van der Waals surface area contributed by atoms with E-state index >= 15 is 0 Å². The van der Waals surface area contributed by atoms with Gasteiger partial charge in [0.05, 0.1) is 32.2 Å². The summed E-state index contributed by atoms with van der Waals surface area (Å²) in [6.45, 7) is 7.02. The minimum Gasteiger partial charge on any atom is -0.467 e. The molecule has 0 aliphatic carbocycles. The summed E-state index contributed by atoms with van der Waals surface area (Å²) in [5.41, 5.74) is 7.94. The van der Waals surface area contributed by atoms with E-state index in [0.29, 0.717) is 28.8 Å². The Kier molecular flexibility index (Phi) is 12.2. The second kappa shape index (κ2) is 16.3. The number of amides is 1. The first-order chi connectivity index (χ1) is 22.9. The van der Waals surface area contributed by atoms with Gasteiger partial charge in [-0.15, -0.1) is 0 Å². The number of anilines is 1.